The van der Waals surface area contributed by atoms with Gasteiger partial charge in [-0.3, -0.25) is 4.99 Å². The van der Waals surface area contributed by atoms with Gasteiger partial charge in [0.05, 0.1) is 6.04 Å². The van der Waals surface area contributed by atoms with Crippen molar-refractivity contribution in [1.82, 2.24) is 5.32 Å². The van der Waals surface area contributed by atoms with Gasteiger partial charge >= 0.3 is 0 Å². The van der Waals surface area contributed by atoms with Crippen LogP contribution < -0.4 is 5.32 Å². The van der Waals surface area contributed by atoms with Crippen LogP contribution in [0.4, 0.5) is 0 Å². The van der Waals surface area contributed by atoms with Gasteiger partial charge < -0.3 is 5.32 Å². The van der Waals surface area contributed by atoms with E-state index < -0.39 is 0 Å². The fourth-order valence-corrected chi connectivity index (χ4v) is 4.31. The zero-order valence-electron chi connectivity index (χ0n) is 12.3. The zero-order chi connectivity index (χ0) is 13.8. The van der Waals surface area contributed by atoms with E-state index in [9.17, 15) is 0 Å². The summed E-state index contributed by atoms with van der Waals surface area (Å²) in [6.07, 6.45) is 2.30. The van der Waals surface area contributed by atoms with Crippen LogP contribution in [0.15, 0.2) is 17.1 Å². The van der Waals surface area contributed by atoms with Gasteiger partial charge in [-0.25, -0.2) is 0 Å². The van der Waals surface area contributed by atoms with Gasteiger partial charge in [0.1, 0.15) is 0 Å². The van der Waals surface area contributed by atoms with Crippen molar-refractivity contribution >= 4 is 28.3 Å². The molecule has 0 spiro atoms. The smallest absolute Gasteiger partial charge is 0.157 e. The summed E-state index contributed by atoms with van der Waals surface area (Å²) < 4.78 is 0. The molecule has 0 aliphatic carbocycles. The van der Waals surface area contributed by atoms with Gasteiger partial charge in [-0.1, -0.05) is 25.6 Å². The van der Waals surface area contributed by atoms with E-state index in [0.29, 0.717) is 18.0 Å². The van der Waals surface area contributed by atoms with Gasteiger partial charge in [-0.05, 0) is 38.3 Å². The van der Waals surface area contributed by atoms with E-state index in [4.69, 9.17) is 4.99 Å². The van der Waals surface area contributed by atoms with Crippen LogP contribution >= 0.6 is 23.1 Å². The molecule has 106 valence electrons. The molecule has 1 aromatic rings. The van der Waals surface area contributed by atoms with Crippen LogP contribution in [0.2, 0.25) is 0 Å². The third-order valence-electron chi connectivity index (χ3n) is 3.38. The lowest BCUT2D eigenvalue weighted by Crippen LogP contribution is -2.35. The van der Waals surface area contributed by atoms with Gasteiger partial charge in [0.15, 0.2) is 5.17 Å². The van der Waals surface area contributed by atoms with E-state index in [1.807, 2.05) is 23.1 Å². The SMILES string of the molecule is Cc1ccc(CC(C)NC2=NC(C(C)C)CCS2)s1. The number of hydrogen-bond donors (Lipinski definition) is 1. The minimum absolute atomic E-state index is 0.454. The Morgan fingerprint density at radius 2 is 2.16 bits per heavy atom. The minimum atomic E-state index is 0.454. The molecule has 2 nitrogen and oxygen atoms in total. The third kappa shape index (κ3) is 4.53. The highest BCUT2D eigenvalue weighted by Crippen LogP contribution is 2.22. The van der Waals surface area contributed by atoms with E-state index in [2.05, 4.69) is 45.1 Å². The Balaban J connectivity index is 1.89. The number of aliphatic imine (C=N–C) groups is 1. The molecule has 0 saturated carbocycles. The van der Waals surface area contributed by atoms with Gasteiger partial charge in [0.25, 0.3) is 0 Å². The fraction of sp³-hybridized carbons (Fsp3) is 0.667. The van der Waals surface area contributed by atoms with Crippen LogP contribution in [0.1, 0.15) is 36.9 Å². The Labute approximate surface area is 125 Å². The molecular weight excluding hydrogens is 272 g/mol. The first-order chi connectivity index (χ1) is 9.04. The molecule has 1 aromatic heterocycles. The van der Waals surface area contributed by atoms with Crippen LogP contribution in [0.3, 0.4) is 0 Å². The molecule has 0 amide bonds. The zero-order valence-corrected chi connectivity index (χ0v) is 13.9. The number of nitrogens with one attached hydrogen (secondary N) is 1. The van der Waals surface area contributed by atoms with Crippen molar-refractivity contribution in [2.45, 2.75) is 52.6 Å². The molecule has 4 heteroatoms. The Bertz CT molecular complexity index is 437. The lowest BCUT2D eigenvalue weighted by Gasteiger charge is -2.25. The molecular formula is C15H24N2S2. The predicted molar refractivity (Wildman–Crippen MR) is 88.5 cm³/mol. The highest BCUT2D eigenvalue weighted by molar-refractivity contribution is 8.13. The summed E-state index contributed by atoms with van der Waals surface area (Å²) in [6.45, 7) is 8.94. The number of rotatable bonds is 4. The predicted octanol–water partition coefficient (Wildman–Crippen LogP) is 4.09. The van der Waals surface area contributed by atoms with Crippen molar-refractivity contribution in [3.05, 3.63) is 21.9 Å². The Morgan fingerprint density at radius 1 is 1.37 bits per heavy atom. The molecule has 1 aliphatic heterocycles. The van der Waals surface area contributed by atoms with E-state index in [1.54, 1.807) is 0 Å². The second-order valence-electron chi connectivity index (χ2n) is 5.64. The number of thioether (sulfide) groups is 1. The maximum Gasteiger partial charge on any atom is 0.157 e. The van der Waals surface area contributed by atoms with Crippen molar-refractivity contribution in [1.29, 1.82) is 0 Å². The average Bonchev–Trinajstić information content (AvgIpc) is 2.74. The van der Waals surface area contributed by atoms with E-state index in [1.165, 1.54) is 21.9 Å². The van der Waals surface area contributed by atoms with E-state index in [0.717, 1.165) is 11.6 Å². The van der Waals surface area contributed by atoms with Crippen molar-refractivity contribution in [2.75, 3.05) is 5.75 Å². The topological polar surface area (TPSA) is 24.4 Å². The highest BCUT2D eigenvalue weighted by Gasteiger charge is 2.19. The second kappa shape index (κ2) is 6.80. The molecule has 2 rings (SSSR count). The minimum Gasteiger partial charge on any atom is -0.362 e. The monoisotopic (exact) mass is 296 g/mol. The summed E-state index contributed by atoms with van der Waals surface area (Å²) in [5.74, 6) is 1.84. The van der Waals surface area contributed by atoms with Crippen molar-refractivity contribution < 1.29 is 0 Å². The maximum absolute atomic E-state index is 4.84. The molecule has 0 bridgehead atoms. The average molecular weight is 297 g/mol. The van der Waals surface area contributed by atoms with Crippen LogP contribution in [0.5, 0.6) is 0 Å². The summed E-state index contributed by atoms with van der Waals surface area (Å²) >= 11 is 3.77. The molecule has 19 heavy (non-hydrogen) atoms. The van der Waals surface area contributed by atoms with Gasteiger partial charge in [-0.2, -0.15) is 0 Å². The maximum atomic E-state index is 4.84. The Kier molecular flexibility index (Phi) is 5.34. The molecule has 2 unspecified atom stereocenters. The van der Waals surface area contributed by atoms with Gasteiger partial charge in [0, 0.05) is 28.0 Å². The number of nitrogens with zero attached hydrogens (tertiary/aromatic N) is 1. The Morgan fingerprint density at radius 3 is 2.79 bits per heavy atom. The van der Waals surface area contributed by atoms with Crippen LogP contribution in [-0.4, -0.2) is 23.0 Å². The van der Waals surface area contributed by atoms with Crippen LogP contribution in [-0.2, 0) is 6.42 Å². The number of thiophene rings is 1. The second-order valence-corrected chi connectivity index (χ2v) is 8.10. The molecule has 2 atom stereocenters. The summed E-state index contributed by atoms with van der Waals surface area (Å²) in [4.78, 5) is 7.69. The standard InChI is InChI=1S/C15H24N2S2/c1-10(2)14-7-8-18-15(17-14)16-11(3)9-13-6-5-12(4)19-13/h5-6,10-11,14H,7-9H2,1-4H3,(H,16,17). The normalized spacial score (nSPS) is 21.3. The molecule has 1 aliphatic rings. The molecule has 0 radical (unpaired) electrons. The summed E-state index contributed by atoms with van der Waals surface area (Å²) in [7, 11) is 0. The first kappa shape index (κ1) is 14.9. The van der Waals surface area contributed by atoms with E-state index >= 15 is 0 Å². The number of amidine groups is 1. The summed E-state index contributed by atoms with van der Waals surface area (Å²) in [5.41, 5.74) is 0. The largest absolute Gasteiger partial charge is 0.362 e. The first-order valence-electron chi connectivity index (χ1n) is 7.07. The number of aryl methyl sites for hydroxylation is 1. The lowest BCUT2D eigenvalue weighted by molar-refractivity contribution is 0.481. The summed E-state index contributed by atoms with van der Waals surface area (Å²) in [5, 5.41) is 4.73. The van der Waals surface area contributed by atoms with Crippen molar-refractivity contribution in [3.8, 4) is 0 Å². The summed E-state index contributed by atoms with van der Waals surface area (Å²) in [6, 6.07) is 5.40. The lowest BCUT2D eigenvalue weighted by atomic mass is 10.0. The first-order valence-corrected chi connectivity index (χ1v) is 8.87. The molecule has 1 N–H and O–H groups in total. The quantitative estimate of drug-likeness (QED) is 0.905. The molecule has 0 fully saturated rings. The highest BCUT2D eigenvalue weighted by atomic mass is 32.2. The van der Waals surface area contributed by atoms with E-state index in [-0.39, 0.29) is 0 Å². The third-order valence-corrected chi connectivity index (χ3v) is 5.34. The van der Waals surface area contributed by atoms with Crippen LogP contribution in [0, 0.1) is 12.8 Å². The van der Waals surface area contributed by atoms with Crippen LogP contribution in [0.25, 0.3) is 0 Å². The molecule has 0 aromatic carbocycles. The Hall–Kier alpha value is -0.480. The molecule has 0 saturated heterocycles. The number of hydrogen-bond acceptors (Lipinski definition) is 4. The molecule has 2 heterocycles. The van der Waals surface area contributed by atoms with Gasteiger partial charge in [0.2, 0.25) is 0 Å². The van der Waals surface area contributed by atoms with Gasteiger partial charge in [-0.15, -0.1) is 11.3 Å². The fourth-order valence-electron chi connectivity index (χ4n) is 2.25. The van der Waals surface area contributed by atoms with Crippen molar-refractivity contribution in [3.63, 3.8) is 0 Å². The van der Waals surface area contributed by atoms with Crippen molar-refractivity contribution in [2.24, 2.45) is 10.9 Å².